The van der Waals surface area contributed by atoms with E-state index in [9.17, 15) is 18.0 Å². The van der Waals surface area contributed by atoms with Gasteiger partial charge in [-0.3, -0.25) is 4.79 Å². The minimum absolute atomic E-state index is 0.0355. The molecule has 0 saturated carbocycles. The van der Waals surface area contributed by atoms with Crippen molar-refractivity contribution < 1.29 is 18.0 Å². The van der Waals surface area contributed by atoms with Crippen molar-refractivity contribution in [1.82, 2.24) is 0 Å². The Hall–Kier alpha value is -2.30. The van der Waals surface area contributed by atoms with Crippen LogP contribution >= 0.6 is 0 Å². The Morgan fingerprint density at radius 1 is 1.11 bits per heavy atom. The average Bonchev–Trinajstić information content (AvgIpc) is 2.37. The van der Waals surface area contributed by atoms with Gasteiger partial charge in [-0.25, -0.2) is 13.2 Å². The molecule has 0 atom stereocenters. The molecule has 2 N–H and O–H groups in total. The summed E-state index contributed by atoms with van der Waals surface area (Å²) < 4.78 is 40.5. The molecule has 0 fully saturated rings. The Morgan fingerprint density at radius 3 is 2.47 bits per heavy atom. The normalized spacial score (nSPS) is 10.5. The predicted molar refractivity (Wildman–Crippen MR) is 65.3 cm³/mol. The molecule has 2 nitrogen and oxygen atoms in total. The van der Waals surface area contributed by atoms with E-state index >= 15 is 0 Å². The number of hydrogen-bond acceptors (Lipinski definition) is 2. The van der Waals surface area contributed by atoms with Gasteiger partial charge in [0.15, 0.2) is 0 Å². The van der Waals surface area contributed by atoms with Crippen molar-refractivity contribution in [3.63, 3.8) is 0 Å². The first kappa shape index (κ1) is 13.1. The lowest BCUT2D eigenvalue weighted by Gasteiger charge is -2.08. The summed E-state index contributed by atoms with van der Waals surface area (Å²) in [4.78, 5) is 12.1. The van der Waals surface area contributed by atoms with Gasteiger partial charge in [-0.1, -0.05) is 6.07 Å². The third-order valence-electron chi connectivity index (χ3n) is 2.77. The van der Waals surface area contributed by atoms with Gasteiger partial charge in [0.25, 0.3) is 0 Å². The van der Waals surface area contributed by atoms with E-state index < -0.39 is 28.8 Å². The molecule has 5 heteroatoms. The van der Waals surface area contributed by atoms with E-state index in [1.807, 2.05) is 0 Å². The number of rotatable bonds is 2. The fourth-order valence-corrected chi connectivity index (χ4v) is 1.72. The van der Waals surface area contributed by atoms with E-state index in [1.165, 1.54) is 19.1 Å². The van der Waals surface area contributed by atoms with Gasteiger partial charge in [-0.05, 0) is 36.8 Å². The van der Waals surface area contributed by atoms with Crippen molar-refractivity contribution in [2.45, 2.75) is 6.92 Å². The second-order valence-corrected chi connectivity index (χ2v) is 4.11. The van der Waals surface area contributed by atoms with Crippen molar-refractivity contribution >= 4 is 11.5 Å². The lowest BCUT2D eigenvalue weighted by molar-refractivity contribution is 0.103. The highest BCUT2D eigenvalue weighted by molar-refractivity contribution is 6.12. The van der Waals surface area contributed by atoms with Crippen LogP contribution in [0, 0.1) is 24.4 Å². The number of carbonyl (C=O) groups is 1. The third-order valence-corrected chi connectivity index (χ3v) is 2.77. The van der Waals surface area contributed by atoms with Gasteiger partial charge in [-0.2, -0.15) is 0 Å². The molecule has 0 heterocycles. The first-order chi connectivity index (χ1) is 8.91. The van der Waals surface area contributed by atoms with Crippen LogP contribution < -0.4 is 5.73 Å². The zero-order valence-electron chi connectivity index (χ0n) is 10.0. The summed E-state index contributed by atoms with van der Waals surface area (Å²) in [6.45, 7) is 1.40. The number of nitrogens with two attached hydrogens (primary N) is 1. The lowest BCUT2D eigenvalue weighted by atomic mass is 9.99. The molecule has 2 aromatic carbocycles. The second kappa shape index (κ2) is 4.76. The molecular formula is C14H10F3NO. The zero-order chi connectivity index (χ0) is 14.2. The second-order valence-electron chi connectivity index (χ2n) is 4.11. The highest BCUT2D eigenvalue weighted by Gasteiger charge is 2.22. The molecule has 0 spiro atoms. The zero-order valence-corrected chi connectivity index (χ0v) is 10.0. The van der Waals surface area contributed by atoms with E-state index in [1.54, 1.807) is 0 Å². The van der Waals surface area contributed by atoms with Gasteiger partial charge in [0.1, 0.15) is 17.5 Å². The summed E-state index contributed by atoms with van der Waals surface area (Å²) in [5.41, 5.74) is 4.64. The molecule has 19 heavy (non-hydrogen) atoms. The number of halogens is 3. The molecule has 0 saturated heterocycles. The molecule has 0 aliphatic carbocycles. The summed E-state index contributed by atoms with van der Waals surface area (Å²) in [6, 6.07) is 5.31. The predicted octanol–water partition coefficient (Wildman–Crippen LogP) is 3.23. The van der Waals surface area contributed by atoms with Gasteiger partial charge >= 0.3 is 0 Å². The van der Waals surface area contributed by atoms with Crippen LogP contribution in [0.3, 0.4) is 0 Å². The van der Waals surface area contributed by atoms with Crippen LogP contribution in [0.1, 0.15) is 21.5 Å². The van der Waals surface area contributed by atoms with Crippen LogP contribution in [0.25, 0.3) is 0 Å². The summed E-state index contributed by atoms with van der Waals surface area (Å²) in [5.74, 6) is -3.65. The number of benzene rings is 2. The van der Waals surface area contributed by atoms with Crippen LogP contribution in [0.5, 0.6) is 0 Å². The Balaban J connectivity index is 2.63. The van der Waals surface area contributed by atoms with Gasteiger partial charge in [0.2, 0.25) is 5.78 Å². The number of ketones is 1. The van der Waals surface area contributed by atoms with E-state index in [4.69, 9.17) is 5.73 Å². The maximum absolute atomic E-state index is 13.8. The van der Waals surface area contributed by atoms with Crippen LogP contribution in [0.15, 0.2) is 30.3 Å². The van der Waals surface area contributed by atoms with E-state index in [0.717, 1.165) is 18.2 Å². The number of nitrogen functional groups attached to an aromatic ring is 1. The first-order valence-electron chi connectivity index (χ1n) is 5.46. The number of aryl methyl sites for hydroxylation is 1. The van der Waals surface area contributed by atoms with Crippen molar-refractivity contribution in [1.29, 1.82) is 0 Å². The third kappa shape index (κ3) is 2.31. The van der Waals surface area contributed by atoms with Crippen molar-refractivity contribution in [2.24, 2.45) is 0 Å². The molecular weight excluding hydrogens is 255 g/mol. The Labute approximate surface area is 107 Å². The van der Waals surface area contributed by atoms with Gasteiger partial charge < -0.3 is 5.73 Å². The molecule has 0 aliphatic rings. The largest absolute Gasteiger partial charge is 0.398 e. The molecule has 0 bridgehead atoms. The fraction of sp³-hybridized carbons (Fsp3) is 0.0714. The molecule has 0 radical (unpaired) electrons. The van der Waals surface area contributed by atoms with E-state index in [0.29, 0.717) is 0 Å². The quantitative estimate of drug-likeness (QED) is 0.669. The van der Waals surface area contributed by atoms with Gasteiger partial charge in [-0.15, -0.1) is 0 Å². The first-order valence-corrected chi connectivity index (χ1v) is 5.46. The minimum Gasteiger partial charge on any atom is -0.398 e. The summed E-state index contributed by atoms with van der Waals surface area (Å²) in [6.07, 6.45) is 0. The van der Waals surface area contributed by atoms with Gasteiger partial charge in [0.05, 0.1) is 5.56 Å². The van der Waals surface area contributed by atoms with Crippen molar-refractivity contribution in [3.05, 3.63) is 64.5 Å². The monoisotopic (exact) mass is 265 g/mol. The Bertz CT molecular complexity index is 668. The highest BCUT2D eigenvalue weighted by atomic mass is 19.1. The van der Waals surface area contributed by atoms with Crippen LogP contribution in [0.4, 0.5) is 18.9 Å². The fourth-order valence-electron chi connectivity index (χ4n) is 1.72. The van der Waals surface area contributed by atoms with Crippen molar-refractivity contribution in [3.8, 4) is 0 Å². The Morgan fingerprint density at radius 2 is 1.79 bits per heavy atom. The lowest BCUT2D eigenvalue weighted by Crippen LogP contribution is -2.11. The number of hydrogen-bond donors (Lipinski definition) is 1. The van der Waals surface area contributed by atoms with Crippen LogP contribution in [0.2, 0.25) is 0 Å². The van der Waals surface area contributed by atoms with Crippen LogP contribution in [-0.4, -0.2) is 5.78 Å². The SMILES string of the molecule is Cc1ccc(F)c(C(=O)c2cc(F)ccc2N)c1F. The molecule has 2 aromatic rings. The molecule has 0 amide bonds. The van der Waals surface area contributed by atoms with Crippen molar-refractivity contribution in [2.75, 3.05) is 5.73 Å². The molecule has 98 valence electrons. The maximum Gasteiger partial charge on any atom is 0.201 e. The van der Waals surface area contributed by atoms with E-state index in [2.05, 4.69) is 0 Å². The molecule has 0 unspecified atom stereocenters. The topological polar surface area (TPSA) is 43.1 Å². The Kier molecular flexibility index (Phi) is 3.29. The minimum atomic E-state index is -1.00. The molecule has 2 rings (SSSR count). The number of anilines is 1. The van der Waals surface area contributed by atoms with Crippen LogP contribution in [-0.2, 0) is 0 Å². The maximum atomic E-state index is 13.8. The van der Waals surface area contributed by atoms with Gasteiger partial charge in [0, 0.05) is 11.3 Å². The molecule has 0 aliphatic heterocycles. The summed E-state index contributed by atoms with van der Waals surface area (Å²) in [7, 11) is 0. The van der Waals surface area contributed by atoms with E-state index in [-0.39, 0.29) is 16.8 Å². The summed E-state index contributed by atoms with van der Waals surface area (Å²) in [5, 5.41) is 0. The number of carbonyl (C=O) groups excluding carboxylic acids is 1. The standard InChI is InChI=1S/C14H10F3NO/c1-7-2-4-10(16)12(13(7)17)14(19)9-6-8(15)3-5-11(9)18/h2-6H,18H2,1H3. The highest BCUT2D eigenvalue weighted by Crippen LogP contribution is 2.23. The average molecular weight is 265 g/mol. The smallest absolute Gasteiger partial charge is 0.201 e. The molecule has 0 aromatic heterocycles. The summed E-state index contributed by atoms with van der Waals surface area (Å²) >= 11 is 0.